The molecule has 20 heavy (non-hydrogen) atoms. The molecular weight excluding hydrogens is 277 g/mol. The Morgan fingerprint density at radius 1 is 1.55 bits per heavy atom. The fraction of sp³-hybridized carbons (Fsp3) is 0.600. The van der Waals surface area contributed by atoms with Crippen molar-refractivity contribution in [1.82, 2.24) is 5.32 Å². The van der Waals surface area contributed by atoms with Crippen molar-refractivity contribution in [3.05, 3.63) is 29.6 Å². The Bertz CT molecular complexity index is 481. The summed E-state index contributed by atoms with van der Waals surface area (Å²) in [7, 11) is -0.783. The van der Waals surface area contributed by atoms with E-state index in [-0.39, 0.29) is 17.1 Å². The molecule has 0 aliphatic carbocycles. The van der Waals surface area contributed by atoms with Gasteiger partial charge in [-0.25, -0.2) is 4.39 Å². The van der Waals surface area contributed by atoms with Crippen LogP contribution in [-0.2, 0) is 10.8 Å². The van der Waals surface area contributed by atoms with E-state index in [2.05, 4.69) is 5.32 Å². The highest BCUT2D eigenvalue weighted by molar-refractivity contribution is 7.84. The molecule has 0 saturated carbocycles. The molecule has 1 heterocycles. The first-order chi connectivity index (χ1) is 9.58. The zero-order valence-corrected chi connectivity index (χ0v) is 12.8. The predicted molar refractivity (Wildman–Crippen MR) is 80.0 cm³/mol. The van der Waals surface area contributed by atoms with Gasteiger partial charge in [0.1, 0.15) is 11.6 Å². The SMILES string of the molecule is C[C@H](CCN[C@@H]1CCCOc2cc(F)ccc21)[S@@](C)=O. The van der Waals surface area contributed by atoms with E-state index in [4.69, 9.17) is 4.74 Å². The topological polar surface area (TPSA) is 38.3 Å². The van der Waals surface area contributed by atoms with Crippen LogP contribution in [0.2, 0.25) is 0 Å². The van der Waals surface area contributed by atoms with Gasteiger partial charge in [-0.3, -0.25) is 4.21 Å². The molecule has 1 aromatic rings. The second kappa shape index (κ2) is 7.18. The molecule has 5 heteroatoms. The summed E-state index contributed by atoms with van der Waals surface area (Å²) in [6.07, 6.45) is 4.53. The summed E-state index contributed by atoms with van der Waals surface area (Å²) in [5.74, 6) is 0.381. The standard InChI is InChI=1S/C15H22FNO2S/c1-11(20(2)18)7-8-17-14-4-3-9-19-15-10-12(16)5-6-13(14)15/h5-6,10-11,14,17H,3-4,7-9H2,1-2H3/t11-,14-,20-/m1/s1. The Balaban J connectivity index is 2.00. The maximum absolute atomic E-state index is 13.3. The molecule has 1 aliphatic heterocycles. The van der Waals surface area contributed by atoms with Gasteiger partial charge in [-0.05, 0) is 31.9 Å². The lowest BCUT2D eigenvalue weighted by atomic mass is 10.0. The Kier molecular flexibility index (Phi) is 5.54. The Hall–Kier alpha value is -0.940. The van der Waals surface area contributed by atoms with Gasteiger partial charge in [0.2, 0.25) is 0 Å². The summed E-state index contributed by atoms with van der Waals surface area (Å²) in [6, 6.07) is 4.92. The number of fused-ring (bicyclic) bond motifs is 1. The fourth-order valence-electron chi connectivity index (χ4n) is 2.38. The second-order valence-electron chi connectivity index (χ2n) is 5.28. The van der Waals surface area contributed by atoms with Crippen LogP contribution in [0.5, 0.6) is 5.75 Å². The van der Waals surface area contributed by atoms with Crippen molar-refractivity contribution in [2.24, 2.45) is 0 Å². The maximum Gasteiger partial charge on any atom is 0.126 e. The highest BCUT2D eigenvalue weighted by Crippen LogP contribution is 2.32. The molecule has 0 radical (unpaired) electrons. The van der Waals surface area contributed by atoms with E-state index < -0.39 is 10.8 Å². The zero-order chi connectivity index (χ0) is 14.5. The number of ether oxygens (including phenoxy) is 1. The molecule has 0 aromatic heterocycles. The molecule has 0 saturated heterocycles. The molecule has 112 valence electrons. The van der Waals surface area contributed by atoms with Crippen molar-refractivity contribution in [2.45, 2.75) is 37.5 Å². The van der Waals surface area contributed by atoms with Crippen molar-refractivity contribution in [2.75, 3.05) is 19.4 Å². The van der Waals surface area contributed by atoms with Crippen LogP contribution in [-0.4, -0.2) is 28.9 Å². The van der Waals surface area contributed by atoms with Crippen molar-refractivity contribution in [3.8, 4) is 5.75 Å². The normalized spacial score (nSPS) is 21.4. The Morgan fingerprint density at radius 3 is 3.10 bits per heavy atom. The highest BCUT2D eigenvalue weighted by atomic mass is 32.2. The average molecular weight is 299 g/mol. The van der Waals surface area contributed by atoms with Crippen LogP contribution in [0.3, 0.4) is 0 Å². The van der Waals surface area contributed by atoms with E-state index in [1.807, 2.05) is 6.92 Å². The van der Waals surface area contributed by atoms with Gasteiger partial charge in [-0.15, -0.1) is 0 Å². The van der Waals surface area contributed by atoms with Crippen molar-refractivity contribution in [1.29, 1.82) is 0 Å². The number of nitrogens with one attached hydrogen (secondary N) is 1. The van der Waals surface area contributed by atoms with Gasteiger partial charge in [-0.1, -0.05) is 13.0 Å². The van der Waals surface area contributed by atoms with E-state index in [1.54, 1.807) is 12.3 Å². The third-order valence-electron chi connectivity index (χ3n) is 3.75. The second-order valence-corrected chi connectivity index (χ2v) is 7.08. The average Bonchev–Trinajstić information content (AvgIpc) is 2.60. The number of hydrogen-bond donors (Lipinski definition) is 1. The molecular formula is C15H22FNO2S. The number of rotatable bonds is 5. The van der Waals surface area contributed by atoms with Gasteiger partial charge in [0.25, 0.3) is 0 Å². The van der Waals surface area contributed by atoms with E-state index in [0.29, 0.717) is 12.4 Å². The summed E-state index contributed by atoms with van der Waals surface area (Å²) >= 11 is 0. The largest absolute Gasteiger partial charge is 0.493 e. The van der Waals surface area contributed by atoms with Gasteiger partial charge < -0.3 is 10.1 Å². The van der Waals surface area contributed by atoms with Gasteiger partial charge in [0.15, 0.2) is 0 Å². The van der Waals surface area contributed by atoms with E-state index in [0.717, 1.165) is 31.4 Å². The lowest BCUT2D eigenvalue weighted by Crippen LogP contribution is -2.25. The molecule has 1 aromatic carbocycles. The Morgan fingerprint density at radius 2 is 2.35 bits per heavy atom. The molecule has 0 fully saturated rings. The van der Waals surface area contributed by atoms with Gasteiger partial charge in [0.05, 0.1) is 6.61 Å². The lowest BCUT2D eigenvalue weighted by Gasteiger charge is -2.19. The minimum atomic E-state index is -0.783. The molecule has 1 N–H and O–H groups in total. The van der Waals surface area contributed by atoms with Crippen LogP contribution in [0.15, 0.2) is 18.2 Å². The van der Waals surface area contributed by atoms with E-state index in [9.17, 15) is 8.60 Å². The minimum absolute atomic E-state index is 0.186. The van der Waals surface area contributed by atoms with Gasteiger partial charge in [-0.2, -0.15) is 0 Å². The lowest BCUT2D eigenvalue weighted by molar-refractivity contribution is 0.313. The highest BCUT2D eigenvalue weighted by Gasteiger charge is 2.20. The van der Waals surface area contributed by atoms with Crippen LogP contribution < -0.4 is 10.1 Å². The molecule has 1 aliphatic rings. The van der Waals surface area contributed by atoms with Gasteiger partial charge >= 0.3 is 0 Å². The number of halogens is 1. The first kappa shape index (κ1) is 15.4. The Labute approximate surface area is 122 Å². The molecule has 0 bridgehead atoms. The maximum atomic E-state index is 13.3. The van der Waals surface area contributed by atoms with Crippen LogP contribution in [0, 0.1) is 5.82 Å². The quantitative estimate of drug-likeness (QED) is 0.908. The summed E-state index contributed by atoms with van der Waals surface area (Å²) in [5, 5.41) is 3.68. The molecule has 0 amide bonds. The molecule has 2 rings (SSSR count). The summed E-state index contributed by atoms with van der Waals surface area (Å²) in [5.41, 5.74) is 1.02. The number of benzene rings is 1. The summed E-state index contributed by atoms with van der Waals surface area (Å²) in [4.78, 5) is 0. The number of hydrogen-bond acceptors (Lipinski definition) is 3. The van der Waals surface area contributed by atoms with Crippen LogP contribution in [0.1, 0.15) is 37.8 Å². The third kappa shape index (κ3) is 4.03. The van der Waals surface area contributed by atoms with Gasteiger partial charge in [0, 0.05) is 40.0 Å². The van der Waals surface area contributed by atoms with E-state index in [1.165, 1.54) is 12.1 Å². The first-order valence-corrected chi connectivity index (χ1v) is 8.68. The van der Waals surface area contributed by atoms with Crippen molar-refractivity contribution >= 4 is 10.8 Å². The molecule has 3 atom stereocenters. The van der Waals surface area contributed by atoms with Crippen molar-refractivity contribution < 1.29 is 13.3 Å². The van der Waals surface area contributed by atoms with Crippen LogP contribution >= 0.6 is 0 Å². The van der Waals surface area contributed by atoms with Crippen LogP contribution in [0.25, 0.3) is 0 Å². The van der Waals surface area contributed by atoms with E-state index >= 15 is 0 Å². The molecule has 3 nitrogen and oxygen atoms in total. The third-order valence-corrected chi connectivity index (χ3v) is 5.12. The molecule has 0 spiro atoms. The predicted octanol–water partition coefficient (Wildman–Crippen LogP) is 2.79. The van der Waals surface area contributed by atoms with Crippen LogP contribution in [0.4, 0.5) is 4.39 Å². The van der Waals surface area contributed by atoms with Crippen molar-refractivity contribution in [3.63, 3.8) is 0 Å². The summed E-state index contributed by atoms with van der Waals surface area (Å²) in [6.45, 7) is 3.43. The molecule has 0 unspecified atom stereocenters. The zero-order valence-electron chi connectivity index (χ0n) is 12.0. The fourth-order valence-corrected chi connectivity index (χ4v) is 2.83. The minimum Gasteiger partial charge on any atom is -0.493 e. The first-order valence-electron chi connectivity index (χ1n) is 7.06. The summed E-state index contributed by atoms with van der Waals surface area (Å²) < 4.78 is 30.2. The monoisotopic (exact) mass is 299 g/mol. The smallest absolute Gasteiger partial charge is 0.126 e.